The summed E-state index contributed by atoms with van der Waals surface area (Å²) in [5, 5.41) is 0. The molecular weight excluding hydrogens is 240 g/mol. The number of anilines is 2. The van der Waals surface area contributed by atoms with Gasteiger partial charge in [-0.05, 0) is 51.3 Å². The van der Waals surface area contributed by atoms with E-state index in [9.17, 15) is 4.79 Å². The highest BCUT2D eigenvalue weighted by Gasteiger charge is 2.23. The Bertz CT molecular complexity index is 459. The first kappa shape index (κ1) is 13.7. The zero-order valence-electron chi connectivity index (χ0n) is 11.7. The van der Waals surface area contributed by atoms with Gasteiger partial charge in [-0.1, -0.05) is 0 Å². The normalized spacial score (nSPS) is 19.3. The molecule has 1 saturated heterocycles. The van der Waals surface area contributed by atoms with Gasteiger partial charge in [0.05, 0.1) is 17.9 Å². The van der Waals surface area contributed by atoms with Crippen LogP contribution in [0, 0.1) is 0 Å². The van der Waals surface area contributed by atoms with E-state index in [0.29, 0.717) is 23.9 Å². The minimum Gasteiger partial charge on any atom is -0.462 e. The lowest BCUT2D eigenvalue weighted by Gasteiger charge is -2.36. The third kappa shape index (κ3) is 3.00. The summed E-state index contributed by atoms with van der Waals surface area (Å²) in [7, 11) is 0. The highest BCUT2D eigenvalue weighted by molar-refractivity contribution is 5.97. The summed E-state index contributed by atoms with van der Waals surface area (Å²) in [4.78, 5) is 14.3. The third-order valence-corrected chi connectivity index (χ3v) is 3.63. The van der Waals surface area contributed by atoms with Crippen molar-refractivity contribution < 1.29 is 9.53 Å². The summed E-state index contributed by atoms with van der Waals surface area (Å²) in [6.45, 7) is 5.37. The topological polar surface area (TPSA) is 55.6 Å². The van der Waals surface area contributed by atoms with Gasteiger partial charge in [-0.15, -0.1) is 0 Å². The predicted octanol–water partition coefficient (Wildman–Crippen LogP) is 2.82. The zero-order valence-corrected chi connectivity index (χ0v) is 11.7. The fourth-order valence-electron chi connectivity index (χ4n) is 2.63. The van der Waals surface area contributed by atoms with Gasteiger partial charge in [-0.3, -0.25) is 0 Å². The van der Waals surface area contributed by atoms with Crippen molar-refractivity contribution in [2.45, 2.75) is 39.2 Å². The number of ether oxygens (including phenoxy) is 1. The maximum absolute atomic E-state index is 12.1. The maximum atomic E-state index is 12.1. The molecule has 104 valence electrons. The number of carbonyl (C=O) groups is 1. The molecule has 19 heavy (non-hydrogen) atoms. The fraction of sp³-hybridized carbons (Fsp3) is 0.533. The van der Waals surface area contributed by atoms with Crippen LogP contribution in [0.4, 0.5) is 11.4 Å². The summed E-state index contributed by atoms with van der Waals surface area (Å²) in [5.74, 6) is -0.289. The molecule has 0 aromatic heterocycles. The average molecular weight is 262 g/mol. The highest BCUT2D eigenvalue weighted by Crippen LogP contribution is 2.29. The number of esters is 1. The Morgan fingerprint density at radius 2 is 2.26 bits per heavy atom. The molecule has 2 N–H and O–H groups in total. The summed E-state index contributed by atoms with van der Waals surface area (Å²) in [6, 6.07) is 5.95. The van der Waals surface area contributed by atoms with Crippen molar-refractivity contribution in [2.24, 2.45) is 0 Å². The van der Waals surface area contributed by atoms with E-state index in [1.165, 1.54) is 6.42 Å². The first-order valence-corrected chi connectivity index (χ1v) is 6.96. The van der Waals surface area contributed by atoms with Crippen molar-refractivity contribution in [1.82, 2.24) is 0 Å². The van der Waals surface area contributed by atoms with Gasteiger partial charge in [0.25, 0.3) is 0 Å². The Morgan fingerprint density at radius 3 is 2.95 bits per heavy atom. The number of nitrogen functional groups attached to an aromatic ring is 1. The van der Waals surface area contributed by atoms with Crippen LogP contribution in [0.25, 0.3) is 0 Å². The third-order valence-electron chi connectivity index (χ3n) is 3.63. The maximum Gasteiger partial charge on any atom is 0.340 e. The van der Waals surface area contributed by atoms with E-state index < -0.39 is 0 Å². The lowest BCUT2D eigenvalue weighted by molar-refractivity contribution is 0.0527. The monoisotopic (exact) mass is 262 g/mol. The summed E-state index contributed by atoms with van der Waals surface area (Å²) in [6.07, 6.45) is 3.57. The SMILES string of the molecule is CCOC(=O)c1cc(N)ccc1N1CCCCC1C. The molecule has 0 aliphatic carbocycles. The smallest absolute Gasteiger partial charge is 0.340 e. The molecule has 0 bridgehead atoms. The molecule has 4 nitrogen and oxygen atoms in total. The lowest BCUT2D eigenvalue weighted by Crippen LogP contribution is -2.38. The lowest BCUT2D eigenvalue weighted by atomic mass is 10.0. The molecule has 0 amide bonds. The van der Waals surface area contributed by atoms with E-state index >= 15 is 0 Å². The molecule has 2 rings (SSSR count). The molecule has 1 aliphatic rings. The minimum atomic E-state index is -0.289. The molecule has 0 saturated carbocycles. The number of piperidine rings is 1. The van der Waals surface area contributed by atoms with E-state index in [2.05, 4.69) is 11.8 Å². The van der Waals surface area contributed by atoms with Gasteiger partial charge in [-0.2, -0.15) is 0 Å². The Labute approximate surface area is 114 Å². The van der Waals surface area contributed by atoms with E-state index in [1.54, 1.807) is 6.07 Å². The molecular formula is C15H22N2O2. The van der Waals surface area contributed by atoms with Gasteiger partial charge in [0, 0.05) is 18.3 Å². The number of rotatable bonds is 3. The van der Waals surface area contributed by atoms with Crippen LogP contribution < -0.4 is 10.6 Å². The van der Waals surface area contributed by atoms with Crippen molar-refractivity contribution >= 4 is 17.3 Å². The van der Waals surface area contributed by atoms with Crippen LogP contribution in [0.3, 0.4) is 0 Å². The zero-order chi connectivity index (χ0) is 13.8. The van der Waals surface area contributed by atoms with Crippen LogP contribution in [0.2, 0.25) is 0 Å². The summed E-state index contributed by atoms with van der Waals surface area (Å²) >= 11 is 0. The second-order valence-corrected chi connectivity index (χ2v) is 5.04. The van der Waals surface area contributed by atoms with Crippen LogP contribution in [0.15, 0.2) is 18.2 Å². The standard InChI is InChI=1S/C15H22N2O2/c1-3-19-15(18)13-10-12(16)7-8-14(13)17-9-5-4-6-11(17)2/h7-8,10-11H,3-6,9,16H2,1-2H3. The molecule has 0 radical (unpaired) electrons. The predicted molar refractivity (Wildman–Crippen MR) is 77.5 cm³/mol. The van der Waals surface area contributed by atoms with Crippen LogP contribution in [0.1, 0.15) is 43.5 Å². The molecule has 1 fully saturated rings. The van der Waals surface area contributed by atoms with Gasteiger partial charge in [-0.25, -0.2) is 4.79 Å². The molecule has 1 aliphatic heterocycles. The average Bonchev–Trinajstić information content (AvgIpc) is 2.40. The number of carbonyl (C=O) groups excluding carboxylic acids is 1. The Hall–Kier alpha value is -1.71. The molecule has 4 heteroatoms. The van der Waals surface area contributed by atoms with Crippen LogP contribution >= 0.6 is 0 Å². The van der Waals surface area contributed by atoms with E-state index in [0.717, 1.165) is 25.1 Å². The van der Waals surface area contributed by atoms with E-state index in [4.69, 9.17) is 10.5 Å². The van der Waals surface area contributed by atoms with Crippen molar-refractivity contribution in [3.05, 3.63) is 23.8 Å². The van der Waals surface area contributed by atoms with Gasteiger partial charge in [0.1, 0.15) is 0 Å². The van der Waals surface area contributed by atoms with Gasteiger partial charge < -0.3 is 15.4 Å². The molecule has 1 atom stereocenters. The number of nitrogens with two attached hydrogens (primary N) is 1. The number of hydrogen-bond acceptors (Lipinski definition) is 4. The summed E-state index contributed by atoms with van der Waals surface area (Å²) < 4.78 is 5.13. The largest absolute Gasteiger partial charge is 0.462 e. The van der Waals surface area contributed by atoms with Crippen molar-refractivity contribution in [1.29, 1.82) is 0 Å². The van der Waals surface area contributed by atoms with Crippen LogP contribution in [0.5, 0.6) is 0 Å². The van der Waals surface area contributed by atoms with Gasteiger partial charge in [0.2, 0.25) is 0 Å². The molecule has 1 heterocycles. The number of nitrogens with zero attached hydrogens (tertiary/aromatic N) is 1. The first-order valence-electron chi connectivity index (χ1n) is 6.96. The molecule has 1 aromatic carbocycles. The minimum absolute atomic E-state index is 0.289. The van der Waals surface area contributed by atoms with Gasteiger partial charge in [0.15, 0.2) is 0 Å². The van der Waals surface area contributed by atoms with Gasteiger partial charge >= 0.3 is 5.97 Å². The van der Waals surface area contributed by atoms with E-state index in [1.807, 2.05) is 19.1 Å². The number of hydrogen-bond donors (Lipinski definition) is 1. The van der Waals surface area contributed by atoms with E-state index in [-0.39, 0.29) is 5.97 Å². The number of benzene rings is 1. The molecule has 1 aromatic rings. The van der Waals surface area contributed by atoms with Crippen molar-refractivity contribution in [3.63, 3.8) is 0 Å². The second kappa shape index (κ2) is 5.95. The Kier molecular flexibility index (Phi) is 4.30. The molecule has 1 unspecified atom stereocenters. The molecule has 0 spiro atoms. The second-order valence-electron chi connectivity index (χ2n) is 5.04. The summed E-state index contributed by atoms with van der Waals surface area (Å²) in [5.41, 5.74) is 7.92. The Morgan fingerprint density at radius 1 is 1.47 bits per heavy atom. The van der Waals surface area contributed by atoms with Crippen molar-refractivity contribution in [2.75, 3.05) is 23.8 Å². The first-order chi connectivity index (χ1) is 9.13. The quantitative estimate of drug-likeness (QED) is 0.672. The Balaban J connectivity index is 2.35. The van der Waals surface area contributed by atoms with Crippen molar-refractivity contribution in [3.8, 4) is 0 Å². The van der Waals surface area contributed by atoms with Crippen LogP contribution in [-0.4, -0.2) is 25.2 Å². The van der Waals surface area contributed by atoms with Crippen LogP contribution in [-0.2, 0) is 4.74 Å². The fourth-order valence-corrected chi connectivity index (χ4v) is 2.63. The highest BCUT2D eigenvalue weighted by atomic mass is 16.5.